The second-order valence-electron chi connectivity index (χ2n) is 8.95. The van der Waals surface area contributed by atoms with Crippen molar-refractivity contribution in [3.63, 3.8) is 0 Å². The monoisotopic (exact) mass is 378 g/mol. The molecule has 5 unspecified atom stereocenters. The molecule has 6 nitrogen and oxygen atoms in total. The van der Waals surface area contributed by atoms with E-state index in [0.717, 1.165) is 58.3 Å². The molecule has 3 N–H and O–H groups in total. The molecule has 0 bridgehead atoms. The van der Waals surface area contributed by atoms with Gasteiger partial charge in [0.25, 0.3) is 0 Å². The maximum absolute atomic E-state index is 12.8. The normalized spacial score (nSPS) is 33.4. The maximum Gasteiger partial charge on any atom is 0.237 e. The number of nitrogens with one attached hydrogen (secondary N) is 3. The zero-order valence-corrected chi connectivity index (χ0v) is 17.1. The Morgan fingerprint density at radius 1 is 1.11 bits per heavy atom. The molecular formula is C21H38N4O2. The number of amides is 2. The summed E-state index contributed by atoms with van der Waals surface area (Å²) in [5, 5.41) is 9.69. The summed E-state index contributed by atoms with van der Waals surface area (Å²) in [5.41, 5.74) is 0. The van der Waals surface area contributed by atoms with E-state index in [1.54, 1.807) is 0 Å². The van der Waals surface area contributed by atoms with Crippen LogP contribution in [0.2, 0.25) is 0 Å². The Morgan fingerprint density at radius 3 is 2.67 bits per heavy atom. The van der Waals surface area contributed by atoms with E-state index >= 15 is 0 Å². The lowest BCUT2D eigenvalue weighted by Gasteiger charge is -2.37. The highest BCUT2D eigenvalue weighted by Crippen LogP contribution is 2.24. The van der Waals surface area contributed by atoms with Crippen LogP contribution in [0.5, 0.6) is 0 Å². The van der Waals surface area contributed by atoms with Gasteiger partial charge in [0.2, 0.25) is 11.8 Å². The summed E-state index contributed by atoms with van der Waals surface area (Å²) in [7, 11) is 0. The number of carbonyl (C=O) groups is 2. The highest BCUT2D eigenvalue weighted by atomic mass is 16.2. The zero-order chi connectivity index (χ0) is 19.2. The van der Waals surface area contributed by atoms with Crippen molar-refractivity contribution >= 4 is 11.8 Å². The third-order valence-electron chi connectivity index (χ3n) is 6.86. The summed E-state index contributed by atoms with van der Waals surface area (Å²) in [6.45, 7) is 7.83. The highest BCUT2D eigenvalue weighted by Gasteiger charge is 2.31. The molecule has 2 heterocycles. The molecule has 3 rings (SSSR count). The quantitative estimate of drug-likeness (QED) is 0.657. The number of carbonyl (C=O) groups excluding carboxylic acids is 2. The van der Waals surface area contributed by atoms with Crippen molar-refractivity contribution in [2.24, 2.45) is 11.8 Å². The Morgan fingerprint density at radius 2 is 1.93 bits per heavy atom. The second kappa shape index (κ2) is 9.87. The molecule has 6 heteroatoms. The van der Waals surface area contributed by atoms with Crippen LogP contribution in [0.4, 0.5) is 0 Å². The van der Waals surface area contributed by atoms with Gasteiger partial charge in [0.05, 0.1) is 12.1 Å². The fourth-order valence-electron chi connectivity index (χ4n) is 4.89. The first-order valence-electron chi connectivity index (χ1n) is 11.1. The van der Waals surface area contributed by atoms with Crippen LogP contribution in [0.15, 0.2) is 0 Å². The Labute approximate surface area is 164 Å². The van der Waals surface area contributed by atoms with Gasteiger partial charge in [0.15, 0.2) is 0 Å². The molecule has 3 fully saturated rings. The van der Waals surface area contributed by atoms with E-state index in [0.29, 0.717) is 17.9 Å². The van der Waals surface area contributed by atoms with E-state index in [9.17, 15) is 9.59 Å². The van der Waals surface area contributed by atoms with Gasteiger partial charge in [-0.05, 0) is 70.4 Å². The number of piperidine rings is 1. The van der Waals surface area contributed by atoms with Crippen LogP contribution >= 0.6 is 0 Å². The maximum atomic E-state index is 12.8. The van der Waals surface area contributed by atoms with Crippen LogP contribution in [0.3, 0.4) is 0 Å². The average Bonchev–Trinajstić information content (AvgIpc) is 3.22. The molecule has 0 radical (unpaired) electrons. The largest absolute Gasteiger partial charge is 0.354 e. The fourth-order valence-corrected chi connectivity index (χ4v) is 4.89. The predicted octanol–water partition coefficient (Wildman–Crippen LogP) is 1.65. The molecule has 0 spiro atoms. The lowest BCUT2D eigenvalue weighted by Crippen LogP contribution is -2.53. The van der Waals surface area contributed by atoms with Crippen LogP contribution < -0.4 is 16.0 Å². The number of hydrogen-bond donors (Lipinski definition) is 3. The zero-order valence-electron chi connectivity index (χ0n) is 17.1. The third kappa shape index (κ3) is 5.67. The first kappa shape index (κ1) is 20.6. The smallest absolute Gasteiger partial charge is 0.237 e. The minimum atomic E-state index is -0.0888. The topological polar surface area (TPSA) is 73.5 Å². The standard InChI is InChI=1S/C21H38N4O2/c1-15-7-3-4-9-18(15)24-20(26)16(2)25-12-6-8-17(14-25)13-23-21(27)19-10-5-11-22-19/h15-19,22H,3-14H2,1-2H3,(H,23,27)(H,24,26). The lowest BCUT2D eigenvalue weighted by molar-refractivity contribution is -0.128. The molecule has 5 atom stereocenters. The Hall–Kier alpha value is -1.14. The minimum Gasteiger partial charge on any atom is -0.354 e. The summed E-state index contributed by atoms with van der Waals surface area (Å²) in [4.78, 5) is 27.3. The molecule has 3 aliphatic rings. The molecular weight excluding hydrogens is 340 g/mol. The summed E-state index contributed by atoms with van der Waals surface area (Å²) in [5.74, 6) is 1.34. The summed E-state index contributed by atoms with van der Waals surface area (Å²) in [6, 6.07) is 0.244. The molecule has 1 aliphatic carbocycles. The van der Waals surface area contributed by atoms with Crippen LogP contribution in [0, 0.1) is 11.8 Å². The SMILES string of the molecule is CC1CCCCC1NC(=O)C(C)N1CCCC(CNC(=O)C2CCCN2)C1. The van der Waals surface area contributed by atoms with E-state index in [1.165, 1.54) is 19.3 Å². The molecule has 2 aliphatic heterocycles. The summed E-state index contributed by atoms with van der Waals surface area (Å²) < 4.78 is 0. The summed E-state index contributed by atoms with van der Waals surface area (Å²) in [6.07, 6.45) is 9.11. The Bertz CT molecular complexity index is 506. The van der Waals surface area contributed by atoms with Crippen LogP contribution in [0.25, 0.3) is 0 Å². The molecule has 27 heavy (non-hydrogen) atoms. The van der Waals surface area contributed by atoms with Gasteiger partial charge in [0.1, 0.15) is 0 Å². The number of rotatable bonds is 6. The molecule has 0 aromatic rings. The Kier molecular flexibility index (Phi) is 7.53. The van der Waals surface area contributed by atoms with Gasteiger partial charge < -0.3 is 16.0 Å². The molecule has 0 aromatic carbocycles. The van der Waals surface area contributed by atoms with Gasteiger partial charge in [-0.2, -0.15) is 0 Å². The van der Waals surface area contributed by atoms with E-state index < -0.39 is 0 Å². The van der Waals surface area contributed by atoms with Crippen LogP contribution in [-0.4, -0.2) is 61.0 Å². The van der Waals surface area contributed by atoms with Crippen molar-refractivity contribution < 1.29 is 9.59 Å². The van der Waals surface area contributed by atoms with Gasteiger partial charge in [-0.15, -0.1) is 0 Å². The first-order valence-corrected chi connectivity index (χ1v) is 11.1. The number of hydrogen-bond acceptors (Lipinski definition) is 4. The van der Waals surface area contributed by atoms with Crippen molar-refractivity contribution in [2.45, 2.75) is 83.3 Å². The van der Waals surface area contributed by atoms with Crippen molar-refractivity contribution in [3.8, 4) is 0 Å². The van der Waals surface area contributed by atoms with E-state index in [-0.39, 0.29) is 23.9 Å². The predicted molar refractivity (Wildman–Crippen MR) is 107 cm³/mol. The van der Waals surface area contributed by atoms with Crippen LogP contribution in [-0.2, 0) is 9.59 Å². The van der Waals surface area contributed by atoms with Crippen LogP contribution in [0.1, 0.15) is 65.2 Å². The van der Waals surface area contributed by atoms with E-state index in [4.69, 9.17) is 0 Å². The second-order valence-corrected chi connectivity index (χ2v) is 8.95. The van der Waals surface area contributed by atoms with Gasteiger partial charge in [0, 0.05) is 19.1 Å². The van der Waals surface area contributed by atoms with Gasteiger partial charge in [-0.1, -0.05) is 19.8 Å². The van der Waals surface area contributed by atoms with Crippen molar-refractivity contribution in [3.05, 3.63) is 0 Å². The molecule has 2 amide bonds. The average molecular weight is 379 g/mol. The lowest BCUT2D eigenvalue weighted by atomic mass is 9.86. The van der Waals surface area contributed by atoms with Gasteiger partial charge in [-0.3, -0.25) is 14.5 Å². The number of likely N-dealkylation sites (tertiary alicyclic amines) is 1. The molecule has 0 aromatic heterocycles. The van der Waals surface area contributed by atoms with E-state index in [2.05, 4.69) is 27.8 Å². The van der Waals surface area contributed by atoms with Gasteiger partial charge >= 0.3 is 0 Å². The molecule has 2 saturated heterocycles. The summed E-state index contributed by atoms with van der Waals surface area (Å²) >= 11 is 0. The van der Waals surface area contributed by atoms with Crippen molar-refractivity contribution in [2.75, 3.05) is 26.2 Å². The Balaban J connectivity index is 1.43. The highest BCUT2D eigenvalue weighted by molar-refractivity contribution is 5.82. The molecule has 154 valence electrons. The van der Waals surface area contributed by atoms with Gasteiger partial charge in [-0.25, -0.2) is 0 Å². The fraction of sp³-hybridized carbons (Fsp3) is 0.905. The number of nitrogens with zero attached hydrogens (tertiary/aromatic N) is 1. The third-order valence-corrected chi connectivity index (χ3v) is 6.86. The molecule has 1 saturated carbocycles. The first-order chi connectivity index (χ1) is 13.0. The van der Waals surface area contributed by atoms with E-state index in [1.807, 2.05) is 6.92 Å². The van der Waals surface area contributed by atoms with Crippen molar-refractivity contribution in [1.29, 1.82) is 0 Å². The van der Waals surface area contributed by atoms with Crippen molar-refractivity contribution in [1.82, 2.24) is 20.9 Å². The minimum absolute atomic E-state index is 0.00752.